The monoisotopic (exact) mass is 399 g/mol. The van der Waals surface area contributed by atoms with E-state index < -0.39 is 5.72 Å². The van der Waals surface area contributed by atoms with Crippen LogP contribution in [0.5, 0.6) is 11.5 Å². The molecule has 7 heteroatoms. The molecule has 1 spiro atoms. The molecule has 2 bridgehead atoms. The summed E-state index contributed by atoms with van der Waals surface area (Å²) >= 11 is 0. The number of fused-ring (bicyclic) bond motifs is 3. The highest BCUT2D eigenvalue weighted by Crippen LogP contribution is 2.53. The minimum Gasteiger partial charge on any atom is -0.497 e. The molecule has 2 aliphatic heterocycles. The van der Waals surface area contributed by atoms with Gasteiger partial charge in [0.25, 0.3) is 5.91 Å². The third-order valence-electron chi connectivity index (χ3n) is 7.40. The van der Waals surface area contributed by atoms with Crippen molar-refractivity contribution in [2.24, 2.45) is 17.8 Å². The van der Waals surface area contributed by atoms with Gasteiger partial charge in [0.2, 0.25) is 5.91 Å². The van der Waals surface area contributed by atoms with Crippen LogP contribution in [0.1, 0.15) is 36.0 Å². The Morgan fingerprint density at radius 1 is 1.24 bits per heavy atom. The second kappa shape index (κ2) is 6.90. The van der Waals surface area contributed by atoms with Gasteiger partial charge in [0, 0.05) is 50.5 Å². The van der Waals surface area contributed by atoms with Crippen LogP contribution in [-0.4, -0.2) is 67.7 Å². The number of piperazine rings is 1. The number of benzene rings is 1. The average molecular weight is 399 g/mol. The molecule has 6 rings (SSSR count). The molecule has 7 nitrogen and oxygen atoms in total. The number of ether oxygens (including phenoxy) is 2. The molecule has 3 aliphatic carbocycles. The molecule has 1 saturated heterocycles. The molecule has 0 radical (unpaired) electrons. The van der Waals surface area contributed by atoms with E-state index in [0.717, 1.165) is 45.4 Å². The van der Waals surface area contributed by atoms with Crippen molar-refractivity contribution < 1.29 is 19.1 Å². The van der Waals surface area contributed by atoms with E-state index in [1.54, 1.807) is 25.3 Å². The summed E-state index contributed by atoms with van der Waals surface area (Å²) in [5.74, 6) is 1.92. The number of hydrogen-bond acceptors (Lipinski definition) is 5. The van der Waals surface area contributed by atoms with Crippen molar-refractivity contribution in [3.8, 4) is 11.5 Å². The van der Waals surface area contributed by atoms with Crippen LogP contribution >= 0.6 is 0 Å². The van der Waals surface area contributed by atoms with E-state index in [2.05, 4.69) is 17.3 Å². The Labute approximate surface area is 171 Å². The zero-order chi connectivity index (χ0) is 20.2. The molecule has 2 heterocycles. The predicted molar refractivity (Wildman–Crippen MR) is 107 cm³/mol. The lowest BCUT2D eigenvalue weighted by molar-refractivity contribution is -0.156. The predicted octanol–water partition coefficient (Wildman–Crippen LogP) is 1.72. The van der Waals surface area contributed by atoms with Crippen LogP contribution in [0.3, 0.4) is 0 Å². The normalized spacial score (nSPS) is 33.8. The second-order valence-corrected chi connectivity index (χ2v) is 9.02. The van der Waals surface area contributed by atoms with Gasteiger partial charge < -0.3 is 24.6 Å². The van der Waals surface area contributed by atoms with E-state index in [4.69, 9.17) is 9.47 Å². The van der Waals surface area contributed by atoms with E-state index in [1.165, 1.54) is 0 Å². The summed E-state index contributed by atoms with van der Waals surface area (Å²) < 4.78 is 11.8. The first-order chi connectivity index (χ1) is 14.0. The molecule has 4 atom stereocenters. The Morgan fingerprint density at radius 2 is 2.03 bits per heavy atom. The first-order valence-corrected chi connectivity index (χ1v) is 10.7. The standard InChI is InChI=1S/C22H29N3O4/c1-24-7-9-25(10-8-24)21(27)18-11-15-4-3-14(18)13-22(15)23-20(26)17-6-5-16(28-2)12-19(17)29-22/h5-6,12,14-15,18H,3-4,7-11,13H2,1-2H3,(H,23,26)/t14-,15-,18-,22+/m1/s1. The number of hydrogen-bond donors (Lipinski definition) is 1. The molecule has 1 aromatic rings. The number of nitrogens with zero attached hydrogens (tertiary/aromatic N) is 2. The van der Waals surface area contributed by atoms with E-state index >= 15 is 0 Å². The van der Waals surface area contributed by atoms with E-state index in [-0.39, 0.29) is 23.7 Å². The van der Waals surface area contributed by atoms with Gasteiger partial charge in [0.15, 0.2) is 5.72 Å². The first kappa shape index (κ1) is 18.7. The van der Waals surface area contributed by atoms with Crippen molar-refractivity contribution in [1.82, 2.24) is 15.1 Å². The second-order valence-electron chi connectivity index (χ2n) is 9.02. The first-order valence-electron chi connectivity index (χ1n) is 10.7. The highest BCUT2D eigenvalue weighted by molar-refractivity contribution is 5.98. The summed E-state index contributed by atoms with van der Waals surface area (Å²) in [5, 5.41) is 3.17. The fraction of sp³-hybridized carbons (Fsp3) is 0.636. The molecular formula is C22H29N3O4. The van der Waals surface area contributed by atoms with Crippen LogP contribution < -0.4 is 14.8 Å². The van der Waals surface area contributed by atoms with Crippen molar-refractivity contribution in [3.63, 3.8) is 0 Å². The lowest BCUT2D eigenvalue weighted by Gasteiger charge is -2.55. The van der Waals surface area contributed by atoms with Gasteiger partial charge in [-0.2, -0.15) is 0 Å². The summed E-state index contributed by atoms with van der Waals surface area (Å²) in [7, 11) is 3.71. The summed E-state index contributed by atoms with van der Waals surface area (Å²) in [5.41, 5.74) is -0.152. The number of nitrogens with one attached hydrogen (secondary N) is 1. The minimum atomic E-state index is -0.696. The molecule has 4 fully saturated rings. The van der Waals surface area contributed by atoms with E-state index in [0.29, 0.717) is 29.4 Å². The zero-order valence-electron chi connectivity index (χ0n) is 17.1. The highest BCUT2D eigenvalue weighted by Gasteiger charge is 2.57. The molecule has 3 saturated carbocycles. The molecule has 0 aromatic heterocycles. The average Bonchev–Trinajstić information content (AvgIpc) is 2.73. The highest BCUT2D eigenvalue weighted by atomic mass is 16.5. The lowest BCUT2D eigenvalue weighted by atomic mass is 9.59. The van der Waals surface area contributed by atoms with Crippen molar-refractivity contribution in [2.45, 2.75) is 31.4 Å². The number of likely N-dealkylation sites (N-methyl/N-ethyl adjacent to an activating group) is 1. The van der Waals surface area contributed by atoms with Crippen LogP contribution in [0.15, 0.2) is 18.2 Å². The Hall–Kier alpha value is -2.28. The SMILES string of the molecule is COc1ccc2c(c1)O[C@]1(C[C@H]3CC[C@@H]1C[C@H]3C(=O)N1CCN(C)CC1)NC2=O. The van der Waals surface area contributed by atoms with Gasteiger partial charge in [0.1, 0.15) is 11.5 Å². The van der Waals surface area contributed by atoms with Gasteiger partial charge in [-0.15, -0.1) is 0 Å². The molecule has 156 valence electrons. The molecular weight excluding hydrogens is 370 g/mol. The number of carbonyl (C=O) groups is 2. The largest absolute Gasteiger partial charge is 0.497 e. The Balaban J connectivity index is 1.36. The lowest BCUT2D eigenvalue weighted by Crippen LogP contribution is -2.67. The van der Waals surface area contributed by atoms with E-state index in [9.17, 15) is 9.59 Å². The van der Waals surface area contributed by atoms with Gasteiger partial charge >= 0.3 is 0 Å². The number of methoxy groups -OCH3 is 1. The van der Waals surface area contributed by atoms with Crippen LogP contribution in [0.25, 0.3) is 0 Å². The molecule has 1 N–H and O–H groups in total. The number of rotatable bonds is 2. The third-order valence-corrected chi connectivity index (χ3v) is 7.40. The van der Waals surface area contributed by atoms with Gasteiger partial charge in [-0.05, 0) is 44.4 Å². The van der Waals surface area contributed by atoms with Gasteiger partial charge in [0.05, 0.1) is 12.7 Å². The van der Waals surface area contributed by atoms with E-state index in [1.807, 2.05) is 4.90 Å². The van der Waals surface area contributed by atoms with Gasteiger partial charge in [-0.25, -0.2) is 0 Å². The number of carbonyl (C=O) groups excluding carboxylic acids is 2. The Morgan fingerprint density at radius 3 is 2.72 bits per heavy atom. The summed E-state index contributed by atoms with van der Waals surface area (Å²) in [4.78, 5) is 30.4. The molecule has 1 aromatic carbocycles. The van der Waals surface area contributed by atoms with Crippen LogP contribution in [0.2, 0.25) is 0 Å². The van der Waals surface area contributed by atoms with Crippen molar-refractivity contribution >= 4 is 11.8 Å². The summed E-state index contributed by atoms with van der Waals surface area (Å²) in [6, 6.07) is 5.32. The molecule has 29 heavy (non-hydrogen) atoms. The van der Waals surface area contributed by atoms with Crippen LogP contribution in [-0.2, 0) is 4.79 Å². The minimum absolute atomic E-state index is 0.0509. The van der Waals surface area contributed by atoms with Crippen molar-refractivity contribution in [1.29, 1.82) is 0 Å². The van der Waals surface area contributed by atoms with Crippen molar-refractivity contribution in [3.05, 3.63) is 23.8 Å². The van der Waals surface area contributed by atoms with Gasteiger partial charge in [-0.3, -0.25) is 9.59 Å². The van der Waals surface area contributed by atoms with Gasteiger partial charge in [-0.1, -0.05) is 0 Å². The van der Waals surface area contributed by atoms with Crippen LogP contribution in [0.4, 0.5) is 0 Å². The summed E-state index contributed by atoms with van der Waals surface area (Å²) in [6.45, 7) is 3.51. The quantitative estimate of drug-likeness (QED) is 0.820. The smallest absolute Gasteiger partial charge is 0.258 e. The maximum Gasteiger partial charge on any atom is 0.258 e. The maximum absolute atomic E-state index is 13.2. The van der Waals surface area contributed by atoms with Crippen molar-refractivity contribution in [2.75, 3.05) is 40.3 Å². The molecule has 5 aliphatic rings. The fourth-order valence-corrected chi connectivity index (χ4v) is 5.68. The Bertz CT molecular complexity index is 835. The fourth-order valence-electron chi connectivity index (χ4n) is 5.68. The molecule has 0 unspecified atom stereocenters. The Kier molecular flexibility index (Phi) is 4.46. The maximum atomic E-state index is 13.2. The third kappa shape index (κ3) is 3.06. The van der Waals surface area contributed by atoms with Crippen LogP contribution in [0, 0.1) is 17.8 Å². The zero-order valence-corrected chi connectivity index (χ0v) is 17.1. The topological polar surface area (TPSA) is 71.1 Å². The molecule has 2 amide bonds. The number of amides is 2. The summed E-state index contributed by atoms with van der Waals surface area (Å²) in [6.07, 6.45) is 3.50.